The topological polar surface area (TPSA) is 117 Å². The van der Waals surface area contributed by atoms with E-state index in [1.807, 2.05) is 12.1 Å². The first-order chi connectivity index (χ1) is 17.8. The van der Waals surface area contributed by atoms with Crippen LogP contribution >= 0.6 is 0 Å². The third-order valence-electron chi connectivity index (χ3n) is 8.09. The Kier molecular flexibility index (Phi) is 8.04. The van der Waals surface area contributed by atoms with Crippen molar-refractivity contribution in [3.05, 3.63) is 29.8 Å². The van der Waals surface area contributed by atoms with Crippen molar-refractivity contribution in [1.29, 1.82) is 0 Å². The number of hydrogen-bond donors (Lipinski definition) is 2. The van der Waals surface area contributed by atoms with Gasteiger partial charge in [-0.25, -0.2) is 13.1 Å². The van der Waals surface area contributed by atoms with Gasteiger partial charge in [0, 0.05) is 44.7 Å². The number of amides is 2. The van der Waals surface area contributed by atoms with Crippen molar-refractivity contribution >= 4 is 21.8 Å². The summed E-state index contributed by atoms with van der Waals surface area (Å²) in [5, 5.41) is 3.01. The monoisotopic (exact) mass is 534 g/mol. The van der Waals surface area contributed by atoms with Crippen molar-refractivity contribution in [2.45, 2.75) is 75.3 Å². The number of nitrogens with zero attached hydrogens (tertiary/aromatic N) is 2. The van der Waals surface area contributed by atoms with Gasteiger partial charge in [-0.05, 0) is 37.8 Å². The lowest BCUT2D eigenvalue weighted by atomic mass is 9.97. The molecule has 1 aliphatic carbocycles. The highest BCUT2D eigenvalue weighted by atomic mass is 32.2. The molecule has 1 aromatic carbocycles. The van der Waals surface area contributed by atoms with Crippen LogP contribution < -0.4 is 14.8 Å². The van der Waals surface area contributed by atoms with E-state index in [1.165, 1.54) is 12.8 Å². The zero-order valence-corrected chi connectivity index (χ0v) is 22.3. The number of carbonyl (C=O) groups is 2. The molecule has 11 heteroatoms. The molecule has 1 aromatic rings. The van der Waals surface area contributed by atoms with Crippen molar-refractivity contribution in [2.24, 2.45) is 0 Å². The SMILES string of the molecule is CS(=O)(=O)N[C@@H]1CC[C@H]2CCOc3ccccc3C(=O)N3CCN(C4CCCC4)C[C@H]3C(=O)NC[C@H]1O2. The lowest BCUT2D eigenvalue weighted by Crippen LogP contribution is -2.63. The molecule has 3 heterocycles. The van der Waals surface area contributed by atoms with Crippen LogP contribution in [0.3, 0.4) is 0 Å². The Morgan fingerprint density at radius 3 is 2.59 bits per heavy atom. The summed E-state index contributed by atoms with van der Waals surface area (Å²) in [5.74, 6) is 0.0631. The van der Waals surface area contributed by atoms with Crippen LogP contribution in [-0.4, -0.2) is 99.4 Å². The fourth-order valence-electron chi connectivity index (χ4n) is 6.19. The van der Waals surface area contributed by atoms with E-state index in [4.69, 9.17) is 9.47 Å². The van der Waals surface area contributed by atoms with Crippen LogP contribution in [0.15, 0.2) is 24.3 Å². The Labute approximate surface area is 219 Å². The molecule has 37 heavy (non-hydrogen) atoms. The van der Waals surface area contributed by atoms with Gasteiger partial charge < -0.3 is 19.7 Å². The highest BCUT2D eigenvalue weighted by molar-refractivity contribution is 7.88. The summed E-state index contributed by atoms with van der Waals surface area (Å²) in [5.41, 5.74) is 0.464. The Balaban J connectivity index is 1.42. The van der Waals surface area contributed by atoms with Gasteiger partial charge in [-0.3, -0.25) is 14.5 Å². The third-order valence-corrected chi connectivity index (χ3v) is 8.82. The van der Waals surface area contributed by atoms with Crippen LogP contribution in [0.5, 0.6) is 5.75 Å². The van der Waals surface area contributed by atoms with Crippen molar-refractivity contribution in [3.63, 3.8) is 0 Å². The van der Waals surface area contributed by atoms with E-state index in [0.29, 0.717) is 56.3 Å². The van der Waals surface area contributed by atoms with Crippen LogP contribution in [0.4, 0.5) is 0 Å². The molecule has 3 fully saturated rings. The first-order valence-electron chi connectivity index (χ1n) is 13.5. The molecule has 2 amide bonds. The van der Waals surface area contributed by atoms with Gasteiger partial charge in [-0.15, -0.1) is 0 Å². The fourth-order valence-corrected chi connectivity index (χ4v) is 7.01. The van der Waals surface area contributed by atoms with E-state index in [-0.39, 0.29) is 24.5 Å². The standard InChI is InChI=1S/C26H38N4O6S/c1-37(33,34)28-21-11-10-19-12-15-35-23-9-5-4-8-20(23)26(32)30-14-13-29(18-6-2-3-7-18)17-22(30)25(31)27-16-24(21)36-19/h4-5,8-9,18-19,21-22,24,28H,2-3,6-7,10-17H2,1H3,(H,27,31)/t19-,21+,22-,24+/m0/s1. The van der Waals surface area contributed by atoms with Crippen molar-refractivity contribution in [1.82, 2.24) is 19.8 Å². The summed E-state index contributed by atoms with van der Waals surface area (Å²) in [4.78, 5) is 31.4. The molecule has 3 aliphatic heterocycles. The minimum absolute atomic E-state index is 0.130. The Morgan fingerprint density at radius 1 is 1.03 bits per heavy atom. The van der Waals surface area contributed by atoms with Crippen molar-refractivity contribution in [3.8, 4) is 5.75 Å². The first kappa shape index (κ1) is 26.4. The smallest absolute Gasteiger partial charge is 0.258 e. The normalized spacial score (nSPS) is 30.6. The van der Waals surface area contributed by atoms with Gasteiger partial charge in [0.2, 0.25) is 15.9 Å². The maximum atomic E-state index is 13.8. The molecule has 2 bridgehead atoms. The van der Waals surface area contributed by atoms with E-state index in [1.54, 1.807) is 17.0 Å². The summed E-state index contributed by atoms with van der Waals surface area (Å²) < 4.78 is 38.9. The van der Waals surface area contributed by atoms with E-state index in [9.17, 15) is 18.0 Å². The number of para-hydroxylation sites is 1. The van der Waals surface area contributed by atoms with Crippen LogP contribution in [0.2, 0.25) is 0 Å². The second-order valence-electron chi connectivity index (χ2n) is 10.7. The van der Waals surface area contributed by atoms with Crippen LogP contribution in [0, 0.1) is 0 Å². The highest BCUT2D eigenvalue weighted by Gasteiger charge is 2.40. The summed E-state index contributed by atoms with van der Waals surface area (Å²) in [7, 11) is -3.44. The molecule has 0 radical (unpaired) electrons. The fraction of sp³-hybridized carbons (Fsp3) is 0.692. The van der Waals surface area contributed by atoms with Gasteiger partial charge in [-0.1, -0.05) is 25.0 Å². The Bertz CT molecular complexity index is 1090. The molecule has 4 atom stereocenters. The largest absolute Gasteiger partial charge is 0.493 e. The predicted octanol–water partition coefficient (Wildman–Crippen LogP) is 1.12. The average Bonchev–Trinajstić information content (AvgIpc) is 3.42. The zero-order chi connectivity index (χ0) is 26.0. The van der Waals surface area contributed by atoms with E-state index < -0.39 is 28.2 Å². The lowest BCUT2D eigenvalue weighted by molar-refractivity contribution is -0.130. The van der Waals surface area contributed by atoms with Gasteiger partial charge >= 0.3 is 0 Å². The average molecular weight is 535 g/mol. The van der Waals surface area contributed by atoms with Crippen LogP contribution in [-0.2, 0) is 19.6 Å². The lowest BCUT2D eigenvalue weighted by Gasteiger charge is -2.43. The summed E-state index contributed by atoms with van der Waals surface area (Å²) >= 11 is 0. The number of carbonyl (C=O) groups excluding carboxylic acids is 2. The highest BCUT2D eigenvalue weighted by Crippen LogP contribution is 2.29. The minimum atomic E-state index is -3.44. The minimum Gasteiger partial charge on any atom is -0.493 e. The molecular formula is C26H38N4O6S. The van der Waals surface area contributed by atoms with Gasteiger partial charge in [-0.2, -0.15) is 0 Å². The number of hydrogen-bond acceptors (Lipinski definition) is 7. The quantitative estimate of drug-likeness (QED) is 0.597. The van der Waals surface area contributed by atoms with Gasteiger partial charge in [0.05, 0.1) is 30.6 Å². The molecular weight excluding hydrogens is 496 g/mol. The molecule has 0 unspecified atom stereocenters. The molecule has 5 rings (SSSR count). The maximum Gasteiger partial charge on any atom is 0.258 e. The molecule has 10 nitrogen and oxygen atoms in total. The predicted molar refractivity (Wildman–Crippen MR) is 138 cm³/mol. The summed E-state index contributed by atoms with van der Waals surface area (Å²) in [6.45, 7) is 2.21. The van der Waals surface area contributed by atoms with E-state index in [0.717, 1.165) is 25.6 Å². The second kappa shape index (κ2) is 11.3. The van der Waals surface area contributed by atoms with Gasteiger partial charge in [0.1, 0.15) is 11.8 Å². The number of piperazine rings is 1. The van der Waals surface area contributed by atoms with Crippen LogP contribution in [0.25, 0.3) is 0 Å². The van der Waals surface area contributed by atoms with E-state index in [2.05, 4.69) is 14.9 Å². The summed E-state index contributed by atoms with van der Waals surface area (Å²) in [6, 6.07) is 6.57. The number of ether oxygens (including phenoxy) is 2. The van der Waals surface area contributed by atoms with Crippen LogP contribution in [0.1, 0.15) is 55.3 Å². The second-order valence-corrected chi connectivity index (χ2v) is 12.5. The molecule has 1 saturated carbocycles. The van der Waals surface area contributed by atoms with E-state index >= 15 is 0 Å². The number of fused-ring (bicyclic) bond motifs is 4. The third kappa shape index (κ3) is 6.27. The number of rotatable bonds is 3. The van der Waals surface area contributed by atoms with Gasteiger partial charge in [0.15, 0.2) is 0 Å². The molecule has 204 valence electrons. The number of benzene rings is 1. The number of sulfonamides is 1. The van der Waals surface area contributed by atoms with Crippen molar-refractivity contribution < 1.29 is 27.5 Å². The molecule has 0 spiro atoms. The van der Waals surface area contributed by atoms with Crippen molar-refractivity contribution in [2.75, 3.05) is 39.0 Å². The van der Waals surface area contributed by atoms with Gasteiger partial charge in [0.25, 0.3) is 5.91 Å². The molecule has 4 aliphatic rings. The summed E-state index contributed by atoms with van der Waals surface area (Å²) in [6.07, 6.45) is 7.01. The molecule has 2 saturated heterocycles. The Morgan fingerprint density at radius 2 is 1.81 bits per heavy atom. The number of nitrogens with one attached hydrogen (secondary N) is 2. The Hall–Kier alpha value is -2.21. The first-order valence-corrected chi connectivity index (χ1v) is 15.3. The maximum absolute atomic E-state index is 13.8. The molecule has 0 aromatic heterocycles. The zero-order valence-electron chi connectivity index (χ0n) is 21.4. The molecule has 2 N–H and O–H groups in total.